The van der Waals surface area contributed by atoms with Crippen LogP contribution in [0.1, 0.15) is 51.4 Å². The Kier molecular flexibility index (Phi) is 2.16. The van der Waals surface area contributed by atoms with Gasteiger partial charge < -0.3 is 5.11 Å². The molecule has 3 heteroatoms. The molecule has 2 fully saturated rings. The summed E-state index contributed by atoms with van der Waals surface area (Å²) in [4.78, 5) is 10.7. The van der Waals surface area contributed by atoms with Gasteiger partial charge in [0.25, 0.3) is 0 Å². The average molecular weight is 210 g/mol. The van der Waals surface area contributed by atoms with Crippen LogP contribution in [0.15, 0.2) is 11.6 Å². The van der Waals surface area contributed by atoms with Crippen molar-refractivity contribution < 1.29 is 14.9 Å². The third-order valence-electron chi connectivity index (χ3n) is 3.98. The molecule has 0 amide bonds. The van der Waals surface area contributed by atoms with E-state index in [9.17, 15) is 5.11 Å². The van der Waals surface area contributed by atoms with Crippen molar-refractivity contribution in [1.29, 1.82) is 0 Å². The SMILES string of the molecule is OC12CCCC=C1C1(CCCCC1)OO2. The van der Waals surface area contributed by atoms with Crippen LogP contribution in [0, 0.1) is 0 Å². The largest absolute Gasteiger partial charge is 0.360 e. The number of hydrogen-bond donors (Lipinski definition) is 1. The molecule has 0 aromatic heterocycles. The minimum atomic E-state index is -1.10. The molecule has 1 saturated heterocycles. The van der Waals surface area contributed by atoms with Gasteiger partial charge in [0.05, 0.1) is 0 Å². The molecule has 1 saturated carbocycles. The Bertz CT molecular complexity index is 291. The summed E-state index contributed by atoms with van der Waals surface area (Å²) in [6, 6.07) is 0. The van der Waals surface area contributed by atoms with Crippen LogP contribution in [0.4, 0.5) is 0 Å². The van der Waals surface area contributed by atoms with E-state index in [1.165, 1.54) is 19.3 Å². The maximum absolute atomic E-state index is 10.3. The normalized spacial score (nSPS) is 38.9. The van der Waals surface area contributed by atoms with Gasteiger partial charge in [-0.3, -0.25) is 0 Å². The standard InChI is InChI=1S/C12H18O3/c13-12-9-5-2-6-10(12)11(14-15-12)7-3-1-4-8-11/h6,13H,1-5,7-9H2. The van der Waals surface area contributed by atoms with E-state index >= 15 is 0 Å². The lowest BCUT2D eigenvalue weighted by Gasteiger charge is -2.34. The Morgan fingerprint density at radius 3 is 2.60 bits per heavy atom. The van der Waals surface area contributed by atoms with E-state index in [1.807, 2.05) is 0 Å². The van der Waals surface area contributed by atoms with Gasteiger partial charge in [-0.15, -0.1) is 0 Å². The molecular weight excluding hydrogens is 192 g/mol. The molecule has 3 nitrogen and oxygen atoms in total. The molecule has 0 radical (unpaired) electrons. The van der Waals surface area contributed by atoms with Crippen molar-refractivity contribution in [3.05, 3.63) is 11.6 Å². The van der Waals surface area contributed by atoms with E-state index in [0.717, 1.165) is 31.3 Å². The molecule has 0 aromatic carbocycles. The first-order valence-electron chi connectivity index (χ1n) is 6.06. The lowest BCUT2D eigenvalue weighted by molar-refractivity contribution is -0.396. The average Bonchev–Trinajstić information content (AvgIpc) is 2.55. The van der Waals surface area contributed by atoms with E-state index in [-0.39, 0.29) is 5.60 Å². The van der Waals surface area contributed by atoms with Gasteiger partial charge in [-0.1, -0.05) is 25.3 Å². The maximum Gasteiger partial charge on any atom is 0.224 e. The number of fused-ring (bicyclic) bond motifs is 2. The van der Waals surface area contributed by atoms with Crippen LogP contribution in [0.5, 0.6) is 0 Å². The molecule has 1 unspecified atom stereocenters. The van der Waals surface area contributed by atoms with Crippen LogP contribution < -0.4 is 0 Å². The van der Waals surface area contributed by atoms with Crippen molar-refractivity contribution >= 4 is 0 Å². The molecule has 1 atom stereocenters. The van der Waals surface area contributed by atoms with Gasteiger partial charge in [0.2, 0.25) is 5.79 Å². The minimum absolute atomic E-state index is 0.284. The van der Waals surface area contributed by atoms with Gasteiger partial charge in [-0.2, -0.15) is 4.89 Å². The van der Waals surface area contributed by atoms with Gasteiger partial charge in [0.15, 0.2) is 0 Å². The maximum atomic E-state index is 10.3. The molecular formula is C12H18O3. The zero-order valence-electron chi connectivity index (χ0n) is 9.00. The van der Waals surface area contributed by atoms with Gasteiger partial charge in [-0.05, 0) is 25.7 Å². The summed E-state index contributed by atoms with van der Waals surface area (Å²) < 4.78 is 0. The first-order chi connectivity index (χ1) is 7.25. The molecule has 1 heterocycles. The highest BCUT2D eigenvalue weighted by molar-refractivity contribution is 5.29. The predicted octanol–water partition coefficient (Wildman–Crippen LogP) is 2.45. The molecule has 1 N–H and O–H groups in total. The summed E-state index contributed by atoms with van der Waals surface area (Å²) >= 11 is 0. The van der Waals surface area contributed by atoms with Crippen molar-refractivity contribution in [2.45, 2.75) is 62.8 Å². The summed E-state index contributed by atoms with van der Waals surface area (Å²) in [5.74, 6) is -1.10. The Balaban J connectivity index is 1.95. The second kappa shape index (κ2) is 3.30. The summed E-state index contributed by atoms with van der Waals surface area (Å²) in [6.45, 7) is 0. The van der Waals surface area contributed by atoms with Crippen molar-refractivity contribution in [2.75, 3.05) is 0 Å². The zero-order valence-corrected chi connectivity index (χ0v) is 9.00. The summed E-state index contributed by atoms with van der Waals surface area (Å²) in [5, 5.41) is 10.3. The molecule has 15 heavy (non-hydrogen) atoms. The summed E-state index contributed by atoms with van der Waals surface area (Å²) in [5.41, 5.74) is 0.730. The van der Waals surface area contributed by atoms with Crippen molar-refractivity contribution in [3.63, 3.8) is 0 Å². The van der Waals surface area contributed by atoms with Crippen LogP contribution >= 0.6 is 0 Å². The predicted molar refractivity (Wildman–Crippen MR) is 54.9 cm³/mol. The zero-order chi connectivity index (χ0) is 10.4. The number of aliphatic hydroxyl groups is 1. The smallest absolute Gasteiger partial charge is 0.224 e. The van der Waals surface area contributed by atoms with Gasteiger partial charge in [-0.25, -0.2) is 4.89 Å². The Morgan fingerprint density at radius 2 is 1.80 bits per heavy atom. The second-order valence-corrected chi connectivity index (χ2v) is 5.02. The first-order valence-corrected chi connectivity index (χ1v) is 6.06. The molecule has 1 aliphatic heterocycles. The third-order valence-corrected chi connectivity index (χ3v) is 3.98. The van der Waals surface area contributed by atoms with E-state index in [4.69, 9.17) is 9.78 Å². The van der Waals surface area contributed by atoms with Crippen molar-refractivity contribution in [1.82, 2.24) is 0 Å². The highest BCUT2D eigenvalue weighted by Crippen LogP contribution is 2.51. The lowest BCUT2D eigenvalue weighted by atomic mass is 9.74. The second-order valence-electron chi connectivity index (χ2n) is 5.02. The van der Waals surface area contributed by atoms with Crippen LogP contribution in [-0.4, -0.2) is 16.5 Å². The minimum Gasteiger partial charge on any atom is -0.360 e. The molecule has 3 rings (SSSR count). The van der Waals surface area contributed by atoms with E-state index in [1.54, 1.807) is 0 Å². The monoisotopic (exact) mass is 210 g/mol. The van der Waals surface area contributed by atoms with Crippen LogP contribution in [0.2, 0.25) is 0 Å². The number of hydrogen-bond acceptors (Lipinski definition) is 3. The van der Waals surface area contributed by atoms with E-state index in [2.05, 4.69) is 6.08 Å². The fraction of sp³-hybridized carbons (Fsp3) is 0.833. The Morgan fingerprint density at radius 1 is 1.00 bits per heavy atom. The fourth-order valence-corrected chi connectivity index (χ4v) is 3.18. The number of allylic oxidation sites excluding steroid dienone is 1. The number of rotatable bonds is 0. The van der Waals surface area contributed by atoms with Crippen molar-refractivity contribution in [3.8, 4) is 0 Å². The third kappa shape index (κ3) is 1.37. The van der Waals surface area contributed by atoms with Crippen LogP contribution in [-0.2, 0) is 9.78 Å². The van der Waals surface area contributed by atoms with E-state index < -0.39 is 5.79 Å². The van der Waals surface area contributed by atoms with Crippen LogP contribution in [0.25, 0.3) is 0 Å². The van der Waals surface area contributed by atoms with Gasteiger partial charge in [0.1, 0.15) is 5.60 Å². The molecule has 0 bridgehead atoms. The Labute approximate surface area is 90.0 Å². The van der Waals surface area contributed by atoms with Gasteiger partial charge in [0, 0.05) is 12.0 Å². The first kappa shape index (κ1) is 9.82. The molecule has 2 aliphatic carbocycles. The molecule has 3 aliphatic rings. The summed E-state index contributed by atoms with van der Waals surface area (Å²) in [7, 11) is 0. The highest BCUT2D eigenvalue weighted by Gasteiger charge is 2.56. The lowest BCUT2D eigenvalue weighted by Crippen LogP contribution is -2.39. The molecule has 84 valence electrons. The summed E-state index contributed by atoms with van der Waals surface area (Å²) in [6.07, 6.45) is 10.5. The fourth-order valence-electron chi connectivity index (χ4n) is 3.18. The molecule has 1 spiro atoms. The Hall–Kier alpha value is -0.380. The van der Waals surface area contributed by atoms with Gasteiger partial charge >= 0.3 is 0 Å². The molecule has 0 aromatic rings. The van der Waals surface area contributed by atoms with E-state index in [0.29, 0.717) is 6.42 Å². The quantitative estimate of drug-likeness (QED) is 0.493. The topological polar surface area (TPSA) is 38.7 Å². The highest BCUT2D eigenvalue weighted by atomic mass is 17.2. The van der Waals surface area contributed by atoms with Crippen LogP contribution in [0.3, 0.4) is 0 Å². The van der Waals surface area contributed by atoms with Crippen molar-refractivity contribution in [2.24, 2.45) is 0 Å².